The van der Waals surface area contributed by atoms with Gasteiger partial charge in [-0.15, -0.1) is 0 Å². The summed E-state index contributed by atoms with van der Waals surface area (Å²) in [4.78, 5) is 0. The molecular weight excluding hydrogens is 194 g/mol. The number of aryl methyl sites for hydroxylation is 1. The molecule has 1 aliphatic carbocycles. The van der Waals surface area contributed by atoms with Crippen LogP contribution in [0.2, 0.25) is 0 Å². The zero-order valence-corrected chi connectivity index (χ0v) is 10.5. The van der Waals surface area contributed by atoms with Crippen molar-refractivity contribution < 1.29 is 0 Å². The summed E-state index contributed by atoms with van der Waals surface area (Å²) in [6.45, 7) is 5.62. The molecule has 1 aliphatic rings. The van der Waals surface area contributed by atoms with E-state index >= 15 is 0 Å². The van der Waals surface area contributed by atoms with E-state index in [0.717, 1.165) is 24.9 Å². The number of rotatable bonds is 6. The van der Waals surface area contributed by atoms with Crippen molar-refractivity contribution in [2.75, 3.05) is 6.54 Å². The number of hydrogen-bond acceptors (Lipinski definition) is 1. The molecule has 2 rings (SSSR count). The van der Waals surface area contributed by atoms with Gasteiger partial charge in [0.2, 0.25) is 0 Å². The first-order valence-electron chi connectivity index (χ1n) is 6.59. The maximum atomic E-state index is 3.71. The Morgan fingerprint density at radius 3 is 2.69 bits per heavy atom. The fraction of sp³-hybridized carbons (Fsp3) is 0.600. The molecule has 0 spiro atoms. The van der Waals surface area contributed by atoms with Gasteiger partial charge < -0.3 is 5.32 Å². The van der Waals surface area contributed by atoms with Gasteiger partial charge in [-0.1, -0.05) is 31.2 Å². The van der Waals surface area contributed by atoms with Crippen molar-refractivity contribution >= 4 is 0 Å². The molecule has 16 heavy (non-hydrogen) atoms. The average molecular weight is 217 g/mol. The summed E-state index contributed by atoms with van der Waals surface area (Å²) < 4.78 is 0. The summed E-state index contributed by atoms with van der Waals surface area (Å²) in [5, 5.41) is 3.71. The van der Waals surface area contributed by atoms with Crippen molar-refractivity contribution in [1.82, 2.24) is 5.32 Å². The molecule has 0 saturated heterocycles. The van der Waals surface area contributed by atoms with Crippen molar-refractivity contribution in [2.45, 2.75) is 45.6 Å². The van der Waals surface area contributed by atoms with Crippen LogP contribution in [-0.4, -0.2) is 12.6 Å². The van der Waals surface area contributed by atoms with Crippen LogP contribution < -0.4 is 5.32 Å². The minimum Gasteiger partial charge on any atom is -0.313 e. The van der Waals surface area contributed by atoms with Crippen LogP contribution in [0.3, 0.4) is 0 Å². The van der Waals surface area contributed by atoms with Gasteiger partial charge in [-0.25, -0.2) is 0 Å². The summed E-state index contributed by atoms with van der Waals surface area (Å²) in [6.07, 6.45) is 5.32. The molecule has 1 nitrogen and oxygen atoms in total. The average Bonchev–Trinajstić information content (AvgIpc) is 3.11. The Morgan fingerprint density at radius 2 is 2.06 bits per heavy atom. The molecule has 0 heterocycles. The first kappa shape index (κ1) is 11.7. The topological polar surface area (TPSA) is 12.0 Å². The van der Waals surface area contributed by atoms with E-state index in [4.69, 9.17) is 0 Å². The van der Waals surface area contributed by atoms with Gasteiger partial charge >= 0.3 is 0 Å². The Hall–Kier alpha value is -0.820. The molecule has 1 N–H and O–H groups in total. The maximum Gasteiger partial charge on any atom is 0.00928 e. The van der Waals surface area contributed by atoms with Crippen LogP contribution >= 0.6 is 0 Å². The third-order valence-electron chi connectivity index (χ3n) is 3.69. The summed E-state index contributed by atoms with van der Waals surface area (Å²) in [5.74, 6) is 0.974. The lowest BCUT2D eigenvalue weighted by Gasteiger charge is -2.16. The van der Waals surface area contributed by atoms with Crippen molar-refractivity contribution in [3.63, 3.8) is 0 Å². The highest BCUT2D eigenvalue weighted by Crippen LogP contribution is 2.33. The van der Waals surface area contributed by atoms with E-state index < -0.39 is 0 Å². The molecule has 0 amide bonds. The highest BCUT2D eigenvalue weighted by molar-refractivity contribution is 5.25. The standard InChI is InChI=1S/C15H23N/c1-3-15(14-8-9-14)16-11-10-13-7-5-4-6-12(13)2/h4-7,14-16H,3,8-11H2,1-2H3. The third-order valence-corrected chi connectivity index (χ3v) is 3.69. The fourth-order valence-electron chi connectivity index (χ4n) is 2.43. The van der Waals surface area contributed by atoms with Gasteiger partial charge in [0.1, 0.15) is 0 Å². The van der Waals surface area contributed by atoms with Crippen LogP contribution in [0.5, 0.6) is 0 Å². The van der Waals surface area contributed by atoms with Crippen molar-refractivity contribution in [3.8, 4) is 0 Å². The SMILES string of the molecule is CCC(NCCc1ccccc1C)C1CC1. The first-order valence-corrected chi connectivity index (χ1v) is 6.59. The normalized spacial score (nSPS) is 17.4. The molecule has 1 aromatic rings. The zero-order chi connectivity index (χ0) is 11.4. The second-order valence-corrected chi connectivity index (χ2v) is 4.98. The van der Waals surface area contributed by atoms with Crippen LogP contribution in [0, 0.1) is 12.8 Å². The van der Waals surface area contributed by atoms with Gasteiger partial charge in [-0.2, -0.15) is 0 Å². The molecule has 0 bridgehead atoms. The largest absolute Gasteiger partial charge is 0.313 e. The lowest BCUT2D eigenvalue weighted by Crippen LogP contribution is -2.32. The van der Waals surface area contributed by atoms with Gasteiger partial charge in [-0.05, 0) is 56.2 Å². The lowest BCUT2D eigenvalue weighted by atomic mass is 10.1. The number of benzene rings is 1. The molecule has 1 atom stereocenters. The molecule has 1 fully saturated rings. The lowest BCUT2D eigenvalue weighted by molar-refractivity contribution is 0.453. The molecule has 1 unspecified atom stereocenters. The van der Waals surface area contributed by atoms with E-state index in [1.54, 1.807) is 0 Å². The Labute approximate surface area is 99.3 Å². The molecular formula is C15H23N. The fourth-order valence-corrected chi connectivity index (χ4v) is 2.43. The Balaban J connectivity index is 1.77. The van der Waals surface area contributed by atoms with E-state index in [1.165, 1.54) is 30.4 Å². The molecule has 1 aromatic carbocycles. The van der Waals surface area contributed by atoms with Gasteiger partial charge in [0.15, 0.2) is 0 Å². The van der Waals surface area contributed by atoms with E-state index in [-0.39, 0.29) is 0 Å². The van der Waals surface area contributed by atoms with E-state index in [1.807, 2.05) is 0 Å². The molecule has 0 aliphatic heterocycles. The predicted molar refractivity (Wildman–Crippen MR) is 69.7 cm³/mol. The van der Waals surface area contributed by atoms with Gasteiger partial charge in [0.25, 0.3) is 0 Å². The van der Waals surface area contributed by atoms with E-state index in [2.05, 4.69) is 43.4 Å². The van der Waals surface area contributed by atoms with Crippen LogP contribution in [0.25, 0.3) is 0 Å². The highest BCUT2D eigenvalue weighted by atomic mass is 14.9. The van der Waals surface area contributed by atoms with Crippen molar-refractivity contribution in [2.24, 2.45) is 5.92 Å². The summed E-state index contributed by atoms with van der Waals surface area (Å²) in [7, 11) is 0. The van der Waals surface area contributed by atoms with Crippen LogP contribution in [0.4, 0.5) is 0 Å². The highest BCUT2D eigenvalue weighted by Gasteiger charge is 2.29. The smallest absolute Gasteiger partial charge is 0.00928 e. The van der Waals surface area contributed by atoms with Crippen molar-refractivity contribution in [1.29, 1.82) is 0 Å². The van der Waals surface area contributed by atoms with E-state index in [0.29, 0.717) is 0 Å². The Kier molecular flexibility index (Phi) is 4.00. The molecule has 1 heteroatoms. The Morgan fingerprint density at radius 1 is 1.31 bits per heavy atom. The van der Waals surface area contributed by atoms with Crippen molar-refractivity contribution in [3.05, 3.63) is 35.4 Å². The van der Waals surface area contributed by atoms with Crippen LogP contribution in [-0.2, 0) is 6.42 Å². The van der Waals surface area contributed by atoms with Crippen LogP contribution in [0.15, 0.2) is 24.3 Å². The van der Waals surface area contributed by atoms with E-state index in [9.17, 15) is 0 Å². The van der Waals surface area contributed by atoms with Gasteiger partial charge in [0, 0.05) is 6.04 Å². The van der Waals surface area contributed by atoms with Gasteiger partial charge in [-0.3, -0.25) is 0 Å². The Bertz CT molecular complexity index is 328. The number of hydrogen-bond donors (Lipinski definition) is 1. The summed E-state index contributed by atoms with van der Waals surface area (Å²) in [5.41, 5.74) is 2.91. The predicted octanol–water partition coefficient (Wildman–Crippen LogP) is 3.32. The maximum absolute atomic E-state index is 3.71. The molecule has 88 valence electrons. The second kappa shape index (κ2) is 5.49. The summed E-state index contributed by atoms with van der Waals surface area (Å²) >= 11 is 0. The molecule has 0 radical (unpaired) electrons. The minimum absolute atomic E-state index is 0.768. The quantitative estimate of drug-likeness (QED) is 0.771. The monoisotopic (exact) mass is 217 g/mol. The zero-order valence-electron chi connectivity index (χ0n) is 10.5. The van der Waals surface area contributed by atoms with Gasteiger partial charge in [0.05, 0.1) is 0 Å². The summed E-state index contributed by atoms with van der Waals surface area (Å²) in [6, 6.07) is 9.47. The molecule has 1 saturated carbocycles. The second-order valence-electron chi connectivity index (χ2n) is 4.98. The number of nitrogens with one attached hydrogen (secondary N) is 1. The minimum atomic E-state index is 0.768. The molecule has 0 aromatic heterocycles. The first-order chi connectivity index (χ1) is 7.81. The third kappa shape index (κ3) is 3.08. The van der Waals surface area contributed by atoms with Crippen LogP contribution in [0.1, 0.15) is 37.3 Å².